The number of benzene rings is 1. The van der Waals surface area contributed by atoms with Crippen LogP contribution in [0.5, 0.6) is 0 Å². The minimum Gasteiger partial charge on any atom is -0.341 e. The van der Waals surface area contributed by atoms with E-state index in [0.717, 1.165) is 16.9 Å². The highest BCUT2D eigenvalue weighted by molar-refractivity contribution is 14.1. The zero-order valence-corrected chi connectivity index (χ0v) is 9.98. The number of aryl methyl sites for hydroxylation is 1. The summed E-state index contributed by atoms with van der Waals surface area (Å²) in [4.78, 5) is 7.51. The summed E-state index contributed by atoms with van der Waals surface area (Å²) in [5, 5.41) is 0. The molecule has 1 aromatic heterocycles. The third-order valence-corrected chi connectivity index (χ3v) is 3.35. The van der Waals surface area contributed by atoms with Gasteiger partial charge >= 0.3 is 0 Å². The van der Waals surface area contributed by atoms with Crippen LogP contribution in [0.25, 0.3) is 11.0 Å². The Labute approximate surface area is 94.8 Å². The van der Waals surface area contributed by atoms with E-state index >= 15 is 0 Å². The Morgan fingerprint density at radius 1 is 1.54 bits per heavy atom. The van der Waals surface area contributed by atoms with Crippen LogP contribution in [-0.2, 0) is 5.88 Å². The van der Waals surface area contributed by atoms with Gasteiger partial charge < -0.3 is 4.98 Å². The number of nitrogens with zero attached hydrogens (tertiary/aromatic N) is 1. The van der Waals surface area contributed by atoms with Crippen molar-refractivity contribution in [2.45, 2.75) is 12.8 Å². The SMILES string of the molecule is Cc1cc2[nH]c(CCl)nc2cc1I. The zero-order valence-electron chi connectivity index (χ0n) is 7.06. The molecule has 1 N–H and O–H groups in total. The summed E-state index contributed by atoms with van der Waals surface area (Å²) in [6, 6.07) is 4.16. The molecular formula is C9H8ClIN2. The minimum absolute atomic E-state index is 0.435. The average molecular weight is 307 g/mol. The first kappa shape index (κ1) is 9.27. The van der Waals surface area contributed by atoms with Crippen LogP contribution in [0.2, 0.25) is 0 Å². The highest BCUT2D eigenvalue weighted by Crippen LogP contribution is 2.19. The Hall–Kier alpha value is -0.290. The van der Waals surface area contributed by atoms with Crippen LogP contribution < -0.4 is 0 Å². The van der Waals surface area contributed by atoms with Crippen molar-refractivity contribution >= 4 is 45.2 Å². The van der Waals surface area contributed by atoms with Crippen molar-refractivity contribution in [2.24, 2.45) is 0 Å². The van der Waals surface area contributed by atoms with Crippen molar-refractivity contribution in [3.63, 3.8) is 0 Å². The lowest BCUT2D eigenvalue weighted by Gasteiger charge is -1.95. The van der Waals surface area contributed by atoms with Crippen molar-refractivity contribution in [1.29, 1.82) is 0 Å². The maximum absolute atomic E-state index is 5.68. The fourth-order valence-electron chi connectivity index (χ4n) is 1.26. The van der Waals surface area contributed by atoms with Crippen molar-refractivity contribution in [3.05, 3.63) is 27.1 Å². The lowest BCUT2D eigenvalue weighted by Crippen LogP contribution is -1.79. The summed E-state index contributed by atoms with van der Waals surface area (Å²) in [7, 11) is 0. The fraction of sp³-hybridized carbons (Fsp3) is 0.222. The molecule has 0 spiro atoms. The van der Waals surface area contributed by atoms with Gasteiger partial charge in [-0.1, -0.05) is 0 Å². The van der Waals surface area contributed by atoms with E-state index in [4.69, 9.17) is 11.6 Å². The maximum Gasteiger partial charge on any atom is 0.122 e. The summed E-state index contributed by atoms with van der Waals surface area (Å²) in [6.07, 6.45) is 0. The minimum atomic E-state index is 0.435. The third kappa shape index (κ3) is 1.67. The number of alkyl halides is 1. The number of imidazole rings is 1. The number of H-pyrrole nitrogens is 1. The monoisotopic (exact) mass is 306 g/mol. The van der Waals surface area contributed by atoms with Crippen LogP contribution in [0, 0.1) is 10.5 Å². The van der Waals surface area contributed by atoms with Crippen molar-refractivity contribution in [1.82, 2.24) is 9.97 Å². The van der Waals surface area contributed by atoms with E-state index in [1.807, 2.05) is 0 Å². The van der Waals surface area contributed by atoms with Crippen LogP contribution >= 0.6 is 34.2 Å². The first-order valence-electron chi connectivity index (χ1n) is 3.91. The number of aromatic nitrogens is 2. The molecule has 68 valence electrons. The van der Waals surface area contributed by atoms with Crippen LogP contribution in [0.3, 0.4) is 0 Å². The van der Waals surface area contributed by atoms with Gasteiger partial charge in [0.15, 0.2) is 0 Å². The maximum atomic E-state index is 5.68. The van der Waals surface area contributed by atoms with Crippen LogP contribution in [0.15, 0.2) is 12.1 Å². The molecule has 2 rings (SSSR count). The van der Waals surface area contributed by atoms with E-state index in [0.29, 0.717) is 5.88 Å². The van der Waals surface area contributed by atoms with Crippen molar-refractivity contribution < 1.29 is 0 Å². The van der Waals surface area contributed by atoms with E-state index in [-0.39, 0.29) is 0 Å². The molecule has 4 heteroatoms. The molecule has 0 radical (unpaired) electrons. The van der Waals surface area contributed by atoms with E-state index in [9.17, 15) is 0 Å². The number of hydrogen-bond donors (Lipinski definition) is 1. The first-order chi connectivity index (χ1) is 6.20. The van der Waals surface area contributed by atoms with Gasteiger partial charge in [0, 0.05) is 3.57 Å². The van der Waals surface area contributed by atoms with E-state index in [1.54, 1.807) is 0 Å². The van der Waals surface area contributed by atoms with Crippen LogP contribution in [0.4, 0.5) is 0 Å². The molecule has 2 aromatic rings. The normalized spacial score (nSPS) is 11.0. The van der Waals surface area contributed by atoms with E-state index in [2.05, 4.69) is 51.6 Å². The highest BCUT2D eigenvalue weighted by atomic mass is 127. The topological polar surface area (TPSA) is 28.7 Å². The first-order valence-corrected chi connectivity index (χ1v) is 5.52. The highest BCUT2D eigenvalue weighted by Gasteiger charge is 2.03. The zero-order chi connectivity index (χ0) is 9.42. The molecule has 0 fully saturated rings. The molecule has 0 unspecified atom stereocenters. The van der Waals surface area contributed by atoms with E-state index in [1.165, 1.54) is 9.13 Å². The Kier molecular flexibility index (Phi) is 2.47. The molecule has 0 atom stereocenters. The Balaban J connectivity index is 2.70. The number of fused-ring (bicyclic) bond motifs is 1. The second kappa shape index (κ2) is 3.46. The largest absolute Gasteiger partial charge is 0.341 e. The molecule has 0 aliphatic heterocycles. The molecule has 1 aromatic carbocycles. The summed E-state index contributed by atoms with van der Waals surface area (Å²) in [6.45, 7) is 2.09. The van der Waals surface area contributed by atoms with Crippen molar-refractivity contribution in [3.8, 4) is 0 Å². The smallest absolute Gasteiger partial charge is 0.122 e. The second-order valence-corrected chi connectivity index (χ2v) is 4.37. The van der Waals surface area contributed by atoms with Gasteiger partial charge in [0.1, 0.15) is 5.82 Å². The number of hydrogen-bond acceptors (Lipinski definition) is 1. The second-order valence-electron chi connectivity index (χ2n) is 2.94. The van der Waals surface area contributed by atoms with Gasteiger partial charge in [0.05, 0.1) is 16.9 Å². The molecule has 1 heterocycles. The van der Waals surface area contributed by atoms with Gasteiger partial charge in [-0.3, -0.25) is 0 Å². The average Bonchev–Trinajstić information content (AvgIpc) is 2.48. The Morgan fingerprint density at radius 2 is 2.31 bits per heavy atom. The predicted molar refractivity (Wildman–Crippen MR) is 63.1 cm³/mol. The van der Waals surface area contributed by atoms with Crippen LogP contribution in [0.1, 0.15) is 11.4 Å². The number of rotatable bonds is 1. The van der Waals surface area contributed by atoms with E-state index < -0.39 is 0 Å². The summed E-state index contributed by atoms with van der Waals surface area (Å²) in [5.74, 6) is 1.27. The molecule has 0 aliphatic carbocycles. The number of nitrogens with one attached hydrogen (secondary N) is 1. The van der Waals surface area contributed by atoms with Crippen molar-refractivity contribution in [2.75, 3.05) is 0 Å². The lowest BCUT2D eigenvalue weighted by atomic mass is 10.2. The Morgan fingerprint density at radius 3 is 3.00 bits per heavy atom. The van der Waals surface area contributed by atoms with Gasteiger partial charge in [0.25, 0.3) is 0 Å². The van der Waals surface area contributed by atoms with Gasteiger partial charge in [-0.2, -0.15) is 0 Å². The standard InChI is InChI=1S/C9H8ClIN2/c1-5-2-7-8(3-6(5)11)13-9(4-10)12-7/h2-3H,4H2,1H3,(H,12,13). The molecule has 0 amide bonds. The summed E-state index contributed by atoms with van der Waals surface area (Å²) < 4.78 is 1.23. The Bertz CT molecular complexity index is 411. The molecule has 0 saturated heterocycles. The van der Waals surface area contributed by atoms with Gasteiger partial charge in [-0.25, -0.2) is 4.98 Å². The fourth-order valence-corrected chi connectivity index (χ4v) is 1.83. The third-order valence-electron chi connectivity index (χ3n) is 1.94. The number of aromatic amines is 1. The summed E-state index contributed by atoms with van der Waals surface area (Å²) in [5.41, 5.74) is 3.32. The van der Waals surface area contributed by atoms with Crippen LogP contribution in [-0.4, -0.2) is 9.97 Å². The molecule has 0 bridgehead atoms. The van der Waals surface area contributed by atoms with Gasteiger partial charge in [-0.15, -0.1) is 11.6 Å². The molecule has 0 saturated carbocycles. The molecule has 0 aliphatic rings. The summed E-state index contributed by atoms with van der Waals surface area (Å²) >= 11 is 7.99. The molecule has 13 heavy (non-hydrogen) atoms. The molecular weight excluding hydrogens is 298 g/mol. The van der Waals surface area contributed by atoms with Gasteiger partial charge in [-0.05, 0) is 47.2 Å². The molecule has 2 nitrogen and oxygen atoms in total. The lowest BCUT2D eigenvalue weighted by molar-refractivity contribution is 1.13. The number of halogens is 2. The quantitative estimate of drug-likeness (QED) is 0.636. The predicted octanol–water partition coefficient (Wildman–Crippen LogP) is 3.21. The van der Waals surface area contributed by atoms with Gasteiger partial charge in [0.2, 0.25) is 0 Å².